The summed E-state index contributed by atoms with van der Waals surface area (Å²) in [5, 5.41) is 17.7. The lowest BCUT2D eigenvalue weighted by Gasteiger charge is -2.11. The van der Waals surface area contributed by atoms with E-state index in [1.807, 2.05) is 6.07 Å². The van der Waals surface area contributed by atoms with E-state index in [-0.39, 0.29) is 22.5 Å². The number of primary sulfonamides is 1. The minimum absolute atomic E-state index is 0.133. The maximum Gasteiger partial charge on any atom is 0.282 e. The van der Waals surface area contributed by atoms with Crippen LogP contribution in [0.15, 0.2) is 41.3 Å². The van der Waals surface area contributed by atoms with E-state index in [1.165, 1.54) is 12.1 Å². The Bertz CT molecular complexity index is 1240. The van der Waals surface area contributed by atoms with Gasteiger partial charge in [-0.2, -0.15) is 10.4 Å². The Kier molecular flexibility index (Phi) is 5.16. The van der Waals surface area contributed by atoms with E-state index in [0.29, 0.717) is 17.7 Å². The predicted octanol–water partition coefficient (Wildman–Crippen LogP) is 3.58. The summed E-state index contributed by atoms with van der Waals surface area (Å²) in [6.45, 7) is 1.67. The van der Waals surface area contributed by atoms with Gasteiger partial charge in [0, 0.05) is 5.56 Å². The molecule has 1 heterocycles. The molecule has 6 nitrogen and oxygen atoms in total. The second-order valence-corrected chi connectivity index (χ2v) is 7.59. The molecule has 0 unspecified atom stereocenters. The summed E-state index contributed by atoms with van der Waals surface area (Å²) in [6.07, 6.45) is -2.98. The number of alkyl halides is 2. The summed E-state index contributed by atoms with van der Waals surface area (Å²) < 4.78 is 78.6. The highest BCUT2D eigenvalue weighted by Gasteiger charge is 2.24. The Hall–Kier alpha value is -3.23. The highest BCUT2D eigenvalue weighted by Crippen LogP contribution is 2.31. The van der Waals surface area contributed by atoms with Crippen LogP contribution in [0.3, 0.4) is 0 Å². The lowest BCUT2D eigenvalue weighted by molar-refractivity contribution is 0.145. The van der Waals surface area contributed by atoms with Gasteiger partial charge in [0.1, 0.15) is 17.3 Å². The molecular formula is C18H12F4N4O2S. The molecule has 0 saturated heterocycles. The molecule has 2 N–H and O–H groups in total. The molecule has 0 amide bonds. The van der Waals surface area contributed by atoms with Crippen molar-refractivity contribution in [2.24, 2.45) is 5.14 Å². The van der Waals surface area contributed by atoms with Gasteiger partial charge in [0.05, 0.1) is 23.0 Å². The van der Waals surface area contributed by atoms with Crippen LogP contribution in [0.5, 0.6) is 0 Å². The van der Waals surface area contributed by atoms with Gasteiger partial charge in [-0.15, -0.1) is 0 Å². The van der Waals surface area contributed by atoms with E-state index >= 15 is 0 Å². The maximum absolute atomic E-state index is 14.2. The number of hydrogen-bond acceptors (Lipinski definition) is 4. The molecule has 1 aromatic heterocycles. The van der Waals surface area contributed by atoms with Crippen LogP contribution in [-0.2, 0) is 10.0 Å². The Balaban J connectivity index is 2.27. The molecule has 0 bridgehead atoms. The van der Waals surface area contributed by atoms with Crippen LogP contribution in [-0.4, -0.2) is 18.2 Å². The largest absolute Gasteiger partial charge is 0.282 e. The summed E-state index contributed by atoms with van der Waals surface area (Å²) in [5.74, 6) is -2.95. The van der Waals surface area contributed by atoms with Gasteiger partial charge >= 0.3 is 0 Å². The number of halogens is 4. The summed E-state index contributed by atoms with van der Waals surface area (Å²) >= 11 is 0. The summed E-state index contributed by atoms with van der Waals surface area (Å²) in [6, 6.07) is 8.62. The lowest BCUT2D eigenvalue weighted by atomic mass is 10.1. The normalized spacial score (nSPS) is 11.7. The first-order valence-corrected chi connectivity index (χ1v) is 9.49. The zero-order valence-electron chi connectivity index (χ0n) is 14.7. The van der Waals surface area contributed by atoms with Crippen LogP contribution < -0.4 is 5.14 Å². The molecule has 3 rings (SSSR count). The van der Waals surface area contributed by atoms with Crippen molar-refractivity contribution in [1.82, 2.24) is 9.78 Å². The molecule has 0 saturated carbocycles. The topological polar surface area (TPSA) is 102 Å². The molecule has 3 aromatic rings. The van der Waals surface area contributed by atoms with Crippen molar-refractivity contribution < 1.29 is 26.0 Å². The Morgan fingerprint density at radius 1 is 1.14 bits per heavy atom. The zero-order chi connectivity index (χ0) is 21.5. The van der Waals surface area contributed by atoms with Crippen LogP contribution in [0.1, 0.15) is 23.2 Å². The van der Waals surface area contributed by atoms with Crippen molar-refractivity contribution in [2.45, 2.75) is 18.2 Å². The molecule has 2 aromatic carbocycles. The van der Waals surface area contributed by atoms with Gasteiger partial charge < -0.3 is 0 Å². The third-order valence-electron chi connectivity index (χ3n) is 4.12. The van der Waals surface area contributed by atoms with Gasteiger partial charge in [-0.3, -0.25) is 0 Å². The molecule has 11 heteroatoms. The first-order valence-electron chi connectivity index (χ1n) is 7.94. The van der Waals surface area contributed by atoms with Crippen molar-refractivity contribution in [2.75, 3.05) is 0 Å². The second kappa shape index (κ2) is 7.31. The predicted molar refractivity (Wildman–Crippen MR) is 94.7 cm³/mol. The molecule has 0 atom stereocenters. The molecule has 0 aliphatic heterocycles. The maximum atomic E-state index is 14.2. The fourth-order valence-corrected chi connectivity index (χ4v) is 3.41. The van der Waals surface area contributed by atoms with Crippen molar-refractivity contribution in [3.05, 3.63) is 64.9 Å². The number of nitriles is 1. The van der Waals surface area contributed by atoms with Gasteiger partial charge in [-0.1, -0.05) is 6.07 Å². The number of sulfonamides is 1. The number of hydrogen-bond donors (Lipinski definition) is 1. The molecule has 150 valence electrons. The zero-order valence-corrected chi connectivity index (χ0v) is 15.5. The van der Waals surface area contributed by atoms with Gasteiger partial charge in [0.25, 0.3) is 6.43 Å². The van der Waals surface area contributed by atoms with Crippen LogP contribution in [0.4, 0.5) is 17.6 Å². The number of aryl methyl sites for hydroxylation is 1. The van der Waals surface area contributed by atoms with Crippen LogP contribution in [0.2, 0.25) is 0 Å². The third kappa shape index (κ3) is 3.85. The van der Waals surface area contributed by atoms with Crippen molar-refractivity contribution in [1.29, 1.82) is 5.26 Å². The van der Waals surface area contributed by atoms with Gasteiger partial charge in [-0.05, 0) is 42.8 Å². The summed E-state index contributed by atoms with van der Waals surface area (Å²) in [4.78, 5) is -1.33. The smallest absolute Gasteiger partial charge is 0.233 e. The molecule has 0 aliphatic carbocycles. The molecular weight excluding hydrogens is 412 g/mol. The van der Waals surface area contributed by atoms with Crippen molar-refractivity contribution in [3.8, 4) is 23.0 Å². The Morgan fingerprint density at radius 2 is 1.76 bits per heavy atom. The van der Waals surface area contributed by atoms with E-state index in [9.17, 15) is 31.2 Å². The quantitative estimate of drug-likeness (QED) is 0.647. The second-order valence-electron chi connectivity index (χ2n) is 6.09. The molecule has 0 radical (unpaired) electrons. The standard InChI is InChI=1S/C18H12F4N4O2S/c1-9-2-3-12(4-11(9)8-23)26-16(7-15(25-26)18(21)22)10-5-13(19)17(14(20)6-10)29(24,27)28/h2-7,18H,1H3,(H2,24,27,28). The first kappa shape index (κ1) is 20.5. The SMILES string of the molecule is Cc1ccc(-n2nc(C(F)F)cc2-c2cc(F)c(S(N)(=O)=O)c(F)c2)cc1C#N. The minimum atomic E-state index is -4.68. The molecule has 0 spiro atoms. The number of rotatable bonds is 4. The van der Waals surface area contributed by atoms with Gasteiger partial charge in [0.2, 0.25) is 10.0 Å². The highest BCUT2D eigenvalue weighted by atomic mass is 32.2. The average Bonchev–Trinajstić information content (AvgIpc) is 3.06. The van der Waals surface area contributed by atoms with Crippen molar-refractivity contribution in [3.63, 3.8) is 0 Å². The number of aromatic nitrogens is 2. The number of nitrogens with two attached hydrogens (primary N) is 1. The summed E-state index contributed by atoms with van der Waals surface area (Å²) in [5.41, 5.74) is 0.0385. The monoisotopic (exact) mass is 424 g/mol. The fourth-order valence-electron chi connectivity index (χ4n) is 2.75. The van der Waals surface area contributed by atoms with E-state index < -0.39 is 38.7 Å². The fraction of sp³-hybridized carbons (Fsp3) is 0.111. The van der Waals surface area contributed by atoms with Gasteiger partial charge in [-0.25, -0.2) is 35.8 Å². The Labute approximate surface area is 162 Å². The number of benzene rings is 2. The van der Waals surface area contributed by atoms with E-state index in [2.05, 4.69) is 5.10 Å². The third-order valence-corrected chi connectivity index (χ3v) is 5.08. The van der Waals surface area contributed by atoms with Crippen LogP contribution >= 0.6 is 0 Å². The first-order chi connectivity index (χ1) is 13.5. The molecule has 0 fully saturated rings. The van der Waals surface area contributed by atoms with Gasteiger partial charge in [0.15, 0.2) is 4.90 Å². The highest BCUT2D eigenvalue weighted by molar-refractivity contribution is 7.89. The average molecular weight is 424 g/mol. The number of nitrogens with zero attached hydrogens (tertiary/aromatic N) is 3. The van der Waals surface area contributed by atoms with Crippen LogP contribution in [0, 0.1) is 29.9 Å². The van der Waals surface area contributed by atoms with Crippen LogP contribution in [0.25, 0.3) is 16.9 Å². The summed E-state index contributed by atoms with van der Waals surface area (Å²) in [7, 11) is -4.68. The van der Waals surface area contributed by atoms with E-state index in [1.54, 1.807) is 13.0 Å². The van der Waals surface area contributed by atoms with E-state index in [4.69, 9.17) is 5.14 Å². The molecule has 29 heavy (non-hydrogen) atoms. The lowest BCUT2D eigenvalue weighted by Crippen LogP contribution is -2.16. The minimum Gasteiger partial charge on any atom is -0.233 e. The van der Waals surface area contributed by atoms with E-state index in [0.717, 1.165) is 10.7 Å². The molecule has 0 aliphatic rings. The Morgan fingerprint density at radius 3 is 2.28 bits per heavy atom. The van der Waals surface area contributed by atoms with Crippen molar-refractivity contribution >= 4 is 10.0 Å².